The molecule has 1 unspecified atom stereocenters. The summed E-state index contributed by atoms with van der Waals surface area (Å²) in [6.07, 6.45) is -0.572. The first kappa shape index (κ1) is 17.6. The molecule has 0 aromatic heterocycles. The summed E-state index contributed by atoms with van der Waals surface area (Å²) < 4.78 is 4.89. The number of rotatable bonds is 9. The zero-order valence-electron chi connectivity index (χ0n) is 13.2. The number of likely N-dealkylation sites (N-methyl/N-ethyl adjacent to an activating group) is 2. The van der Waals surface area contributed by atoms with Gasteiger partial charge in [-0.3, -0.25) is 9.69 Å². The second-order valence-electron chi connectivity index (χ2n) is 5.20. The number of nitrogens with zero attached hydrogens (tertiary/aromatic N) is 2. The summed E-state index contributed by atoms with van der Waals surface area (Å²) in [7, 11) is 3.38. The summed E-state index contributed by atoms with van der Waals surface area (Å²) in [4.78, 5) is 15.9. The van der Waals surface area contributed by atoms with E-state index in [1.807, 2.05) is 54.1 Å². The number of methoxy groups -OCH3 is 1. The summed E-state index contributed by atoms with van der Waals surface area (Å²) in [5.41, 5.74) is 1.12. The molecule has 0 fully saturated rings. The van der Waals surface area contributed by atoms with Gasteiger partial charge in [0.05, 0.1) is 19.3 Å². The Morgan fingerprint density at radius 2 is 2.00 bits per heavy atom. The third-order valence-corrected chi connectivity index (χ3v) is 3.24. The van der Waals surface area contributed by atoms with Crippen LogP contribution in [0.1, 0.15) is 12.5 Å². The number of amides is 1. The molecule has 0 bridgehead atoms. The predicted molar refractivity (Wildman–Crippen MR) is 82.9 cm³/mol. The van der Waals surface area contributed by atoms with Crippen molar-refractivity contribution < 1.29 is 14.6 Å². The normalized spacial score (nSPS) is 12.4. The second kappa shape index (κ2) is 9.50. The third-order valence-electron chi connectivity index (χ3n) is 3.24. The largest absolute Gasteiger partial charge is 0.389 e. The molecule has 0 heterocycles. The molecule has 5 nitrogen and oxygen atoms in total. The molecular formula is C16H26N2O3. The summed E-state index contributed by atoms with van der Waals surface area (Å²) in [5, 5.41) is 9.67. The Labute approximate surface area is 127 Å². The van der Waals surface area contributed by atoms with Crippen molar-refractivity contribution in [3.05, 3.63) is 35.9 Å². The molecule has 1 atom stereocenters. The van der Waals surface area contributed by atoms with Crippen LogP contribution in [-0.2, 0) is 16.1 Å². The van der Waals surface area contributed by atoms with Crippen molar-refractivity contribution in [2.75, 3.05) is 40.4 Å². The van der Waals surface area contributed by atoms with E-state index in [1.54, 1.807) is 7.11 Å². The molecule has 1 aromatic carbocycles. The van der Waals surface area contributed by atoms with Gasteiger partial charge < -0.3 is 14.7 Å². The molecule has 118 valence electrons. The maximum Gasteiger partial charge on any atom is 0.237 e. The van der Waals surface area contributed by atoms with E-state index < -0.39 is 6.10 Å². The molecule has 0 aliphatic carbocycles. The first-order chi connectivity index (χ1) is 10.1. The Hall–Kier alpha value is -1.43. The number of benzene rings is 1. The minimum Gasteiger partial charge on any atom is -0.389 e. The summed E-state index contributed by atoms with van der Waals surface area (Å²) in [5.74, 6) is 0.0634. The van der Waals surface area contributed by atoms with Crippen molar-refractivity contribution in [3.8, 4) is 0 Å². The molecular weight excluding hydrogens is 268 g/mol. The molecule has 0 saturated carbocycles. The topological polar surface area (TPSA) is 53.0 Å². The van der Waals surface area contributed by atoms with E-state index in [2.05, 4.69) is 0 Å². The standard InChI is InChI=1S/C16H26N2O3/c1-4-18(10-14-8-6-5-7-9-14)16(20)12-17(2)11-15(19)13-21-3/h5-9,15,19H,4,10-13H2,1-3H3. The third kappa shape index (κ3) is 6.71. The molecule has 21 heavy (non-hydrogen) atoms. The maximum atomic E-state index is 12.3. The van der Waals surface area contributed by atoms with Gasteiger partial charge in [0.1, 0.15) is 0 Å². The van der Waals surface area contributed by atoms with Crippen LogP contribution in [0.3, 0.4) is 0 Å². The maximum absolute atomic E-state index is 12.3. The van der Waals surface area contributed by atoms with Crippen molar-refractivity contribution in [2.45, 2.75) is 19.6 Å². The monoisotopic (exact) mass is 294 g/mol. The van der Waals surface area contributed by atoms with Gasteiger partial charge >= 0.3 is 0 Å². The van der Waals surface area contributed by atoms with E-state index in [0.29, 0.717) is 26.2 Å². The van der Waals surface area contributed by atoms with E-state index >= 15 is 0 Å². The van der Waals surface area contributed by atoms with Gasteiger partial charge in [-0.1, -0.05) is 30.3 Å². The Bertz CT molecular complexity index is 411. The number of ether oxygens (including phenoxy) is 1. The van der Waals surface area contributed by atoms with Crippen molar-refractivity contribution in [2.24, 2.45) is 0 Å². The van der Waals surface area contributed by atoms with Crippen molar-refractivity contribution in [1.29, 1.82) is 0 Å². The van der Waals surface area contributed by atoms with Crippen LogP contribution < -0.4 is 0 Å². The van der Waals surface area contributed by atoms with Crippen LogP contribution in [0.15, 0.2) is 30.3 Å². The second-order valence-corrected chi connectivity index (χ2v) is 5.20. The van der Waals surface area contributed by atoms with Gasteiger partial charge in [-0.25, -0.2) is 0 Å². The molecule has 0 saturated heterocycles. The number of hydrogen-bond acceptors (Lipinski definition) is 4. The van der Waals surface area contributed by atoms with Gasteiger partial charge in [0, 0.05) is 26.7 Å². The number of hydrogen-bond donors (Lipinski definition) is 1. The molecule has 0 radical (unpaired) electrons. The van der Waals surface area contributed by atoms with Crippen molar-refractivity contribution >= 4 is 5.91 Å². The highest BCUT2D eigenvalue weighted by Crippen LogP contribution is 2.05. The fraction of sp³-hybridized carbons (Fsp3) is 0.562. The smallest absolute Gasteiger partial charge is 0.237 e. The average molecular weight is 294 g/mol. The van der Waals surface area contributed by atoms with E-state index in [1.165, 1.54) is 0 Å². The lowest BCUT2D eigenvalue weighted by Gasteiger charge is -2.25. The van der Waals surface area contributed by atoms with Crippen LogP contribution in [0.25, 0.3) is 0 Å². The van der Waals surface area contributed by atoms with Gasteiger partial charge in [-0.05, 0) is 19.5 Å². The van der Waals surface area contributed by atoms with Crippen LogP contribution in [0.5, 0.6) is 0 Å². The van der Waals surface area contributed by atoms with Gasteiger partial charge in [0.2, 0.25) is 5.91 Å². The molecule has 0 aliphatic rings. The molecule has 1 amide bonds. The van der Waals surface area contributed by atoms with Gasteiger partial charge in [0.25, 0.3) is 0 Å². The van der Waals surface area contributed by atoms with Crippen LogP contribution in [0.4, 0.5) is 0 Å². The highest BCUT2D eigenvalue weighted by Gasteiger charge is 2.16. The van der Waals surface area contributed by atoms with Gasteiger partial charge in [-0.2, -0.15) is 0 Å². The Balaban J connectivity index is 2.47. The van der Waals surface area contributed by atoms with Gasteiger partial charge in [0.15, 0.2) is 0 Å². The van der Waals surface area contributed by atoms with E-state index in [0.717, 1.165) is 5.56 Å². The first-order valence-electron chi connectivity index (χ1n) is 7.24. The molecule has 1 N–H and O–H groups in total. The zero-order chi connectivity index (χ0) is 15.7. The van der Waals surface area contributed by atoms with Gasteiger partial charge in [-0.15, -0.1) is 0 Å². The minimum absolute atomic E-state index is 0.0634. The van der Waals surface area contributed by atoms with Crippen LogP contribution in [0.2, 0.25) is 0 Å². The lowest BCUT2D eigenvalue weighted by atomic mass is 10.2. The number of carbonyl (C=O) groups excluding carboxylic acids is 1. The highest BCUT2D eigenvalue weighted by atomic mass is 16.5. The van der Waals surface area contributed by atoms with Crippen LogP contribution in [0, 0.1) is 0 Å². The number of aliphatic hydroxyl groups excluding tert-OH is 1. The lowest BCUT2D eigenvalue weighted by molar-refractivity contribution is -0.132. The van der Waals surface area contributed by atoms with Crippen molar-refractivity contribution in [1.82, 2.24) is 9.80 Å². The molecule has 1 rings (SSSR count). The van der Waals surface area contributed by atoms with E-state index in [4.69, 9.17) is 4.74 Å². The molecule has 0 spiro atoms. The van der Waals surface area contributed by atoms with Crippen molar-refractivity contribution in [3.63, 3.8) is 0 Å². The highest BCUT2D eigenvalue weighted by molar-refractivity contribution is 5.78. The SMILES string of the molecule is CCN(Cc1ccccc1)C(=O)CN(C)CC(O)COC. The van der Waals surface area contributed by atoms with Crippen LogP contribution in [-0.4, -0.2) is 67.3 Å². The minimum atomic E-state index is -0.572. The van der Waals surface area contributed by atoms with E-state index in [-0.39, 0.29) is 12.5 Å². The summed E-state index contributed by atoms with van der Waals surface area (Å²) in [6, 6.07) is 9.94. The lowest BCUT2D eigenvalue weighted by Crippen LogP contribution is -2.41. The Kier molecular flexibility index (Phi) is 7.97. The Morgan fingerprint density at radius 3 is 2.57 bits per heavy atom. The molecule has 0 aliphatic heterocycles. The fourth-order valence-electron chi connectivity index (χ4n) is 2.18. The molecule has 1 aromatic rings. The summed E-state index contributed by atoms with van der Waals surface area (Å²) in [6.45, 7) is 4.25. The number of aliphatic hydroxyl groups is 1. The first-order valence-corrected chi connectivity index (χ1v) is 7.24. The van der Waals surface area contributed by atoms with E-state index in [9.17, 15) is 9.90 Å². The number of carbonyl (C=O) groups is 1. The zero-order valence-corrected chi connectivity index (χ0v) is 13.2. The predicted octanol–water partition coefficient (Wildman–Crippen LogP) is 0.974. The average Bonchev–Trinajstić information content (AvgIpc) is 2.45. The molecule has 5 heteroatoms. The Morgan fingerprint density at radius 1 is 1.33 bits per heavy atom. The van der Waals surface area contributed by atoms with Crippen LogP contribution >= 0.6 is 0 Å². The fourth-order valence-corrected chi connectivity index (χ4v) is 2.18. The quantitative estimate of drug-likeness (QED) is 0.737. The summed E-state index contributed by atoms with van der Waals surface area (Å²) >= 11 is 0.